The highest BCUT2D eigenvalue weighted by Gasteiger charge is 2.38. The predicted molar refractivity (Wildman–Crippen MR) is 98.7 cm³/mol. The van der Waals surface area contributed by atoms with E-state index < -0.39 is 0 Å². The molecule has 0 radical (unpaired) electrons. The first-order valence-corrected chi connectivity index (χ1v) is 9.93. The van der Waals surface area contributed by atoms with Gasteiger partial charge < -0.3 is 10.1 Å². The number of hydrogen-bond acceptors (Lipinski definition) is 3. The zero-order chi connectivity index (χ0) is 17.1. The second kappa shape index (κ2) is 7.46. The molecule has 1 saturated carbocycles. The molecule has 1 heterocycles. The number of fused-ring (bicyclic) bond motifs is 1. The van der Waals surface area contributed by atoms with Gasteiger partial charge in [-0.15, -0.1) is 0 Å². The van der Waals surface area contributed by atoms with Gasteiger partial charge in [-0.25, -0.2) is 0 Å². The monoisotopic (exact) mass is 342 g/mol. The normalized spacial score (nSPS) is 25.7. The first-order valence-electron chi connectivity index (χ1n) is 9.93. The third-order valence-electron chi connectivity index (χ3n) is 6.28. The van der Waals surface area contributed by atoms with Crippen LogP contribution in [0.25, 0.3) is 0 Å². The summed E-state index contributed by atoms with van der Waals surface area (Å²) in [6.07, 6.45) is 7.58. The molecule has 3 aliphatic rings. The van der Waals surface area contributed by atoms with Gasteiger partial charge in [0, 0.05) is 26.1 Å². The molecule has 4 rings (SSSR count). The molecule has 1 amide bonds. The number of ether oxygens (including phenoxy) is 1. The van der Waals surface area contributed by atoms with Gasteiger partial charge in [0.1, 0.15) is 0 Å². The maximum Gasteiger partial charge on any atom is 0.221 e. The molecule has 0 bridgehead atoms. The average molecular weight is 342 g/mol. The summed E-state index contributed by atoms with van der Waals surface area (Å²) in [5.41, 5.74) is 2.82. The van der Waals surface area contributed by atoms with Crippen LogP contribution in [0.4, 0.5) is 0 Å². The van der Waals surface area contributed by atoms with Gasteiger partial charge in [0.15, 0.2) is 0 Å². The second-order valence-electron chi connectivity index (χ2n) is 8.06. The van der Waals surface area contributed by atoms with Crippen molar-refractivity contribution in [3.8, 4) is 0 Å². The second-order valence-corrected chi connectivity index (χ2v) is 8.06. The molecule has 0 unspecified atom stereocenters. The van der Waals surface area contributed by atoms with Gasteiger partial charge in [-0.3, -0.25) is 9.69 Å². The summed E-state index contributed by atoms with van der Waals surface area (Å²) in [5, 5.41) is 3.48. The summed E-state index contributed by atoms with van der Waals surface area (Å²) < 4.78 is 5.47. The number of nitrogens with one attached hydrogen (secondary N) is 1. The van der Waals surface area contributed by atoms with Crippen molar-refractivity contribution in [1.82, 2.24) is 10.2 Å². The van der Waals surface area contributed by atoms with Gasteiger partial charge in [-0.1, -0.05) is 37.1 Å². The van der Waals surface area contributed by atoms with E-state index in [2.05, 4.69) is 34.5 Å². The predicted octanol–water partition coefficient (Wildman–Crippen LogP) is 2.87. The molecule has 136 valence electrons. The van der Waals surface area contributed by atoms with Crippen LogP contribution in [0.15, 0.2) is 24.3 Å². The lowest BCUT2D eigenvalue weighted by molar-refractivity contribution is -0.123. The molecule has 1 saturated heterocycles. The highest BCUT2D eigenvalue weighted by Crippen LogP contribution is 2.36. The first-order chi connectivity index (χ1) is 12.2. The number of benzene rings is 1. The molecule has 4 nitrogen and oxygen atoms in total. The molecular formula is C21H30N2O2. The van der Waals surface area contributed by atoms with Gasteiger partial charge in [-0.2, -0.15) is 0 Å². The molecule has 1 N–H and O–H groups in total. The van der Waals surface area contributed by atoms with Crippen molar-refractivity contribution in [2.24, 2.45) is 0 Å². The van der Waals surface area contributed by atoms with Gasteiger partial charge in [-0.05, 0) is 42.7 Å². The Morgan fingerprint density at radius 1 is 1.20 bits per heavy atom. The van der Waals surface area contributed by atoms with E-state index in [0.717, 1.165) is 58.5 Å². The van der Waals surface area contributed by atoms with Crippen LogP contribution in [0.2, 0.25) is 0 Å². The molecule has 1 aromatic rings. The van der Waals surface area contributed by atoms with E-state index in [-0.39, 0.29) is 11.4 Å². The summed E-state index contributed by atoms with van der Waals surface area (Å²) in [6.45, 7) is 4.62. The molecule has 0 spiro atoms. The summed E-state index contributed by atoms with van der Waals surface area (Å²) in [4.78, 5) is 15.3. The number of carbonyl (C=O) groups excluding carboxylic acids is 1. The Labute approximate surface area is 150 Å². The molecule has 0 aromatic heterocycles. The number of morpholine rings is 1. The topological polar surface area (TPSA) is 41.6 Å². The van der Waals surface area contributed by atoms with Crippen molar-refractivity contribution >= 4 is 5.91 Å². The Morgan fingerprint density at radius 2 is 1.96 bits per heavy atom. The van der Waals surface area contributed by atoms with E-state index in [1.54, 1.807) is 0 Å². The number of aryl methyl sites for hydroxylation is 1. The number of carbonyl (C=O) groups is 1. The maximum atomic E-state index is 12.9. The Morgan fingerprint density at radius 3 is 2.76 bits per heavy atom. The molecule has 2 fully saturated rings. The third kappa shape index (κ3) is 3.90. The van der Waals surface area contributed by atoms with E-state index in [9.17, 15) is 4.79 Å². The fourth-order valence-corrected chi connectivity index (χ4v) is 4.99. The third-order valence-corrected chi connectivity index (χ3v) is 6.28. The summed E-state index contributed by atoms with van der Waals surface area (Å²) in [6, 6.07) is 8.63. The lowest BCUT2D eigenvalue weighted by Gasteiger charge is -2.38. The zero-order valence-corrected chi connectivity index (χ0v) is 15.1. The molecule has 1 aliphatic heterocycles. The molecular weight excluding hydrogens is 312 g/mol. The number of rotatable bonds is 5. The van der Waals surface area contributed by atoms with Gasteiger partial charge in [0.05, 0.1) is 18.8 Å². The summed E-state index contributed by atoms with van der Waals surface area (Å²) in [7, 11) is 0. The molecule has 25 heavy (non-hydrogen) atoms. The van der Waals surface area contributed by atoms with E-state index in [4.69, 9.17) is 4.74 Å². The number of nitrogens with zero attached hydrogens (tertiary/aromatic N) is 1. The fourth-order valence-electron chi connectivity index (χ4n) is 4.99. The Hall–Kier alpha value is -1.39. The molecule has 1 aromatic carbocycles. The van der Waals surface area contributed by atoms with Crippen LogP contribution in [-0.2, 0) is 16.0 Å². The first kappa shape index (κ1) is 17.0. The lowest BCUT2D eigenvalue weighted by Crippen LogP contribution is -2.55. The summed E-state index contributed by atoms with van der Waals surface area (Å²) in [5.74, 6) is 0.648. The van der Waals surface area contributed by atoms with Gasteiger partial charge in [0.25, 0.3) is 0 Å². The van der Waals surface area contributed by atoms with Crippen molar-refractivity contribution in [1.29, 1.82) is 0 Å². The summed E-state index contributed by atoms with van der Waals surface area (Å²) >= 11 is 0. The van der Waals surface area contributed by atoms with Crippen LogP contribution in [0.1, 0.15) is 55.6 Å². The van der Waals surface area contributed by atoms with Gasteiger partial charge in [0.2, 0.25) is 5.91 Å². The molecule has 2 aliphatic carbocycles. The number of amides is 1. The van der Waals surface area contributed by atoms with Crippen LogP contribution in [0.5, 0.6) is 0 Å². The van der Waals surface area contributed by atoms with Crippen molar-refractivity contribution < 1.29 is 9.53 Å². The van der Waals surface area contributed by atoms with E-state index >= 15 is 0 Å². The minimum absolute atomic E-state index is 0.00740. The van der Waals surface area contributed by atoms with Crippen molar-refractivity contribution in [3.05, 3.63) is 35.4 Å². The Bertz CT molecular complexity index is 604. The van der Waals surface area contributed by atoms with E-state index in [1.165, 1.54) is 24.0 Å². The van der Waals surface area contributed by atoms with Crippen molar-refractivity contribution in [2.45, 2.75) is 56.4 Å². The minimum atomic E-state index is -0.00740. The molecule has 4 heteroatoms. The van der Waals surface area contributed by atoms with Crippen LogP contribution >= 0.6 is 0 Å². The van der Waals surface area contributed by atoms with Crippen LogP contribution < -0.4 is 5.32 Å². The minimum Gasteiger partial charge on any atom is -0.379 e. The van der Waals surface area contributed by atoms with Crippen molar-refractivity contribution in [2.75, 3.05) is 32.8 Å². The van der Waals surface area contributed by atoms with Crippen LogP contribution in [-0.4, -0.2) is 49.2 Å². The Kier molecular flexibility index (Phi) is 5.09. The van der Waals surface area contributed by atoms with E-state index in [0.29, 0.717) is 12.3 Å². The smallest absolute Gasteiger partial charge is 0.221 e. The largest absolute Gasteiger partial charge is 0.379 e. The molecule has 1 atom stereocenters. The maximum absolute atomic E-state index is 12.9. The van der Waals surface area contributed by atoms with Crippen LogP contribution in [0.3, 0.4) is 0 Å². The quantitative estimate of drug-likeness (QED) is 0.895. The van der Waals surface area contributed by atoms with E-state index in [1.807, 2.05) is 0 Å². The average Bonchev–Trinajstić information content (AvgIpc) is 3.24. The number of hydrogen-bond donors (Lipinski definition) is 1. The highest BCUT2D eigenvalue weighted by atomic mass is 16.5. The van der Waals surface area contributed by atoms with Crippen molar-refractivity contribution in [3.63, 3.8) is 0 Å². The fraction of sp³-hybridized carbons (Fsp3) is 0.667. The lowest BCUT2D eigenvalue weighted by atomic mass is 9.93. The standard InChI is InChI=1S/C21H30N2O2/c24-20(15-18-8-7-17-5-1-2-6-19(17)18)22-21(9-3-4-10-21)16-23-11-13-25-14-12-23/h1-2,5-6,18H,3-4,7-16H2,(H,22,24)/t18-/m1/s1. The Balaban J connectivity index is 1.38. The highest BCUT2D eigenvalue weighted by molar-refractivity contribution is 5.78. The van der Waals surface area contributed by atoms with Crippen LogP contribution in [0, 0.1) is 0 Å². The SMILES string of the molecule is O=C(C[C@H]1CCc2ccccc21)NC1(CN2CCOCC2)CCCC1. The van der Waals surface area contributed by atoms with Gasteiger partial charge >= 0.3 is 0 Å². The zero-order valence-electron chi connectivity index (χ0n) is 15.1.